The number of aldehydes is 1. The van der Waals surface area contributed by atoms with Gasteiger partial charge in [-0.1, -0.05) is 0 Å². The molecule has 3 atom stereocenters. The maximum atomic E-state index is 10.5. The minimum Gasteiger partial charge on any atom is -0.303 e. The molecule has 0 spiro atoms. The highest BCUT2D eigenvalue weighted by Crippen LogP contribution is 2.50. The lowest BCUT2D eigenvalue weighted by Crippen LogP contribution is -1.85. The van der Waals surface area contributed by atoms with Crippen molar-refractivity contribution in [2.45, 2.75) is 25.7 Å². The van der Waals surface area contributed by atoms with E-state index in [4.69, 9.17) is 0 Å². The summed E-state index contributed by atoms with van der Waals surface area (Å²) in [5, 5.41) is 0. The molecule has 0 aromatic rings. The molecule has 1 fully saturated rings. The van der Waals surface area contributed by atoms with Gasteiger partial charge in [-0.05, 0) is 24.7 Å². The van der Waals surface area contributed by atoms with Crippen LogP contribution in [0.5, 0.6) is 0 Å². The van der Waals surface area contributed by atoms with Crippen LogP contribution in [0.4, 0.5) is 0 Å². The van der Waals surface area contributed by atoms with Gasteiger partial charge in [0.25, 0.3) is 0 Å². The summed E-state index contributed by atoms with van der Waals surface area (Å²) >= 11 is 0. The molecule has 1 nitrogen and oxygen atoms in total. The molecule has 0 aliphatic heterocycles. The van der Waals surface area contributed by atoms with Crippen molar-refractivity contribution in [2.24, 2.45) is 17.8 Å². The third kappa shape index (κ3) is 1.18. The molecular weight excluding hydrogens is 136 g/mol. The monoisotopic (exact) mass is 148 g/mol. The van der Waals surface area contributed by atoms with E-state index in [0.717, 1.165) is 32.0 Å². The Balaban J connectivity index is 1.98. The van der Waals surface area contributed by atoms with Gasteiger partial charge in [0.1, 0.15) is 6.29 Å². The summed E-state index contributed by atoms with van der Waals surface area (Å²) in [5.41, 5.74) is 0. The topological polar surface area (TPSA) is 17.1 Å². The predicted octanol–water partition coefficient (Wildman–Crippen LogP) is 1.62. The summed E-state index contributed by atoms with van der Waals surface area (Å²) in [6.45, 7) is 0. The van der Waals surface area contributed by atoms with E-state index in [2.05, 4.69) is 11.8 Å². The van der Waals surface area contributed by atoms with Crippen LogP contribution in [0.2, 0.25) is 0 Å². The van der Waals surface area contributed by atoms with Gasteiger partial charge in [0.15, 0.2) is 0 Å². The Kier molecular flexibility index (Phi) is 1.69. The highest BCUT2D eigenvalue weighted by Gasteiger charge is 2.48. The van der Waals surface area contributed by atoms with Crippen LogP contribution in [0.1, 0.15) is 25.7 Å². The van der Waals surface area contributed by atoms with E-state index in [1.54, 1.807) is 0 Å². The zero-order valence-corrected chi connectivity index (χ0v) is 6.55. The molecule has 1 saturated carbocycles. The van der Waals surface area contributed by atoms with E-state index >= 15 is 0 Å². The Morgan fingerprint density at radius 3 is 2.09 bits per heavy atom. The molecule has 0 saturated heterocycles. The Morgan fingerprint density at radius 2 is 1.64 bits per heavy atom. The van der Waals surface area contributed by atoms with Gasteiger partial charge in [-0.15, -0.1) is 11.8 Å². The highest BCUT2D eigenvalue weighted by atomic mass is 16.1. The smallest absolute Gasteiger partial charge is 0.123 e. The zero-order valence-electron chi connectivity index (χ0n) is 6.55. The molecular formula is C10H12O. The van der Waals surface area contributed by atoms with Crippen molar-refractivity contribution in [3.05, 3.63) is 0 Å². The molecule has 11 heavy (non-hydrogen) atoms. The molecule has 0 N–H and O–H groups in total. The summed E-state index contributed by atoms with van der Waals surface area (Å²) in [6, 6.07) is 0. The van der Waals surface area contributed by atoms with E-state index in [1.165, 1.54) is 0 Å². The first-order chi connectivity index (χ1) is 5.43. The summed E-state index contributed by atoms with van der Waals surface area (Å²) in [5.74, 6) is 8.02. The normalized spacial score (nSPS) is 40.5. The van der Waals surface area contributed by atoms with Crippen molar-refractivity contribution in [3.63, 3.8) is 0 Å². The van der Waals surface area contributed by atoms with Crippen molar-refractivity contribution >= 4 is 6.29 Å². The van der Waals surface area contributed by atoms with E-state index in [-0.39, 0.29) is 0 Å². The number of fused-ring (bicyclic) bond motifs is 1. The third-order valence-corrected chi connectivity index (χ3v) is 2.89. The molecule has 58 valence electrons. The standard InChI is InChI=1S/C10H12O/c11-7-10-8-5-3-1-2-4-6-9(8)10/h7-10H,3-6H2/t8-,9+,10?. The number of rotatable bonds is 1. The minimum absolute atomic E-state index is 0.386. The Hall–Kier alpha value is -0.770. The van der Waals surface area contributed by atoms with Crippen LogP contribution in [0.15, 0.2) is 0 Å². The number of hydrogen-bond donors (Lipinski definition) is 0. The van der Waals surface area contributed by atoms with Crippen LogP contribution >= 0.6 is 0 Å². The van der Waals surface area contributed by atoms with E-state index in [0.29, 0.717) is 17.8 Å². The number of carbonyl (C=O) groups is 1. The lowest BCUT2D eigenvalue weighted by atomic mass is 10.1. The Bertz CT molecular complexity index is 203. The van der Waals surface area contributed by atoms with Crippen LogP contribution in [0.25, 0.3) is 0 Å². The average Bonchev–Trinajstić information content (AvgIpc) is 2.60. The fourth-order valence-electron chi connectivity index (χ4n) is 2.14. The van der Waals surface area contributed by atoms with Crippen molar-refractivity contribution in [2.75, 3.05) is 0 Å². The molecule has 2 rings (SSSR count). The van der Waals surface area contributed by atoms with E-state index in [1.807, 2.05) is 0 Å². The molecule has 0 bridgehead atoms. The molecule has 0 amide bonds. The molecule has 1 unspecified atom stereocenters. The van der Waals surface area contributed by atoms with Crippen LogP contribution in [-0.2, 0) is 4.79 Å². The second kappa shape index (κ2) is 2.70. The van der Waals surface area contributed by atoms with Gasteiger partial charge >= 0.3 is 0 Å². The van der Waals surface area contributed by atoms with E-state index < -0.39 is 0 Å². The van der Waals surface area contributed by atoms with Crippen molar-refractivity contribution in [3.8, 4) is 11.8 Å². The van der Waals surface area contributed by atoms with Gasteiger partial charge in [0.2, 0.25) is 0 Å². The minimum atomic E-state index is 0.386. The highest BCUT2D eigenvalue weighted by molar-refractivity contribution is 5.59. The van der Waals surface area contributed by atoms with Gasteiger partial charge in [0.05, 0.1) is 0 Å². The predicted molar refractivity (Wildman–Crippen MR) is 42.8 cm³/mol. The molecule has 0 aromatic carbocycles. The molecule has 2 aliphatic rings. The quantitative estimate of drug-likeness (QED) is 0.408. The van der Waals surface area contributed by atoms with Crippen LogP contribution in [-0.4, -0.2) is 6.29 Å². The second-order valence-corrected chi connectivity index (χ2v) is 3.47. The fourth-order valence-corrected chi connectivity index (χ4v) is 2.14. The summed E-state index contributed by atoms with van der Waals surface area (Å²) < 4.78 is 0. The number of hydrogen-bond acceptors (Lipinski definition) is 1. The summed E-state index contributed by atoms with van der Waals surface area (Å²) in [6.07, 6.45) is 5.46. The Labute approximate surface area is 67.2 Å². The molecule has 1 heteroatoms. The molecule has 0 heterocycles. The third-order valence-electron chi connectivity index (χ3n) is 2.89. The lowest BCUT2D eigenvalue weighted by molar-refractivity contribution is -0.109. The first-order valence-corrected chi connectivity index (χ1v) is 4.34. The van der Waals surface area contributed by atoms with Gasteiger partial charge < -0.3 is 4.79 Å². The molecule has 2 aliphatic carbocycles. The van der Waals surface area contributed by atoms with Crippen molar-refractivity contribution < 1.29 is 4.79 Å². The second-order valence-electron chi connectivity index (χ2n) is 3.47. The van der Waals surface area contributed by atoms with E-state index in [9.17, 15) is 4.79 Å². The molecule has 0 radical (unpaired) electrons. The fraction of sp³-hybridized carbons (Fsp3) is 0.700. The van der Waals surface area contributed by atoms with Crippen molar-refractivity contribution in [1.82, 2.24) is 0 Å². The summed E-state index contributed by atoms with van der Waals surface area (Å²) in [7, 11) is 0. The van der Waals surface area contributed by atoms with Gasteiger partial charge in [-0.2, -0.15) is 0 Å². The Morgan fingerprint density at radius 1 is 1.09 bits per heavy atom. The van der Waals surface area contributed by atoms with Crippen LogP contribution in [0.3, 0.4) is 0 Å². The van der Waals surface area contributed by atoms with Gasteiger partial charge in [-0.3, -0.25) is 0 Å². The largest absolute Gasteiger partial charge is 0.303 e. The zero-order chi connectivity index (χ0) is 7.68. The maximum absolute atomic E-state index is 10.5. The number of carbonyl (C=O) groups excluding carboxylic acids is 1. The first-order valence-electron chi connectivity index (χ1n) is 4.34. The van der Waals surface area contributed by atoms with Gasteiger partial charge in [0, 0.05) is 18.8 Å². The van der Waals surface area contributed by atoms with Gasteiger partial charge in [-0.25, -0.2) is 0 Å². The van der Waals surface area contributed by atoms with Crippen molar-refractivity contribution in [1.29, 1.82) is 0 Å². The molecule has 0 aromatic heterocycles. The van der Waals surface area contributed by atoms with Crippen LogP contribution in [0, 0.1) is 29.6 Å². The maximum Gasteiger partial charge on any atom is 0.123 e. The SMILES string of the molecule is O=CC1[C@H]2CCC#CCC[C@@H]12. The average molecular weight is 148 g/mol. The lowest BCUT2D eigenvalue weighted by Gasteiger charge is -1.96. The summed E-state index contributed by atoms with van der Waals surface area (Å²) in [4.78, 5) is 10.5. The van der Waals surface area contributed by atoms with Crippen LogP contribution < -0.4 is 0 Å². The first kappa shape index (κ1) is 6.91.